The zero-order chi connectivity index (χ0) is 10.8. The van der Waals surface area contributed by atoms with Crippen molar-refractivity contribution in [3.8, 4) is 0 Å². The first-order valence-electron chi connectivity index (χ1n) is 5.05. The fourth-order valence-electron chi connectivity index (χ4n) is 1.79. The van der Waals surface area contributed by atoms with Crippen molar-refractivity contribution in [3.05, 3.63) is 19.8 Å². The van der Waals surface area contributed by atoms with Gasteiger partial charge in [-0.15, -0.1) is 11.3 Å². The molecule has 0 bridgehead atoms. The van der Waals surface area contributed by atoms with Gasteiger partial charge in [0.05, 0.1) is 0 Å². The average molecular weight is 310 g/mol. The van der Waals surface area contributed by atoms with Gasteiger partial charge >= 0.3 is 0 Å². The Balaban J connectivity index is 2.01. The van der Waals surface area contributed by atoms with Gasteiger partial charge in [0, 0.05) is 41.6 Å². The minimum atomic E-state index is 0.610. The Morgan fingerprint density at radius 1 is 1.73 bits per heavy atom. The van der Waals surface area contributed by atoms with E-state index in [1.54, 1.807) is 11.3 Å². The third-order valence-corrected chi connectivity index (χ3v) is 5.15. The zero-order valence-corrected chi connectivity index (χ0v) is 11.8. The van der Waals surface area contributed by atoms with E-state index < -0.39 is 0 Å². The van der Waals surface area contributed by atoms with Crippen LogP contribution in [0, 0.1) is 0 Å². The number of hydrogen-bond donors (Lipinski definition) is 1. The maximum atomic E-state index is 6.02. The number of rotatable bonds is 2. The van der Waals surface area contributed by atoms with Crippen LogP contribution in [0.5, 0.6) is 0 Å². The van der Waals surface area contributed by atoms with Crippen LogP contribution in [0.1, 0.15) is 11.8 Å². The SMILES string of the molecule is CC1CNCCN1Cc1cc(Br)c(Cl)s1. The predicted octanol–water partition coefficient (Wildman–Crippen LogP) is 2.96. The van der Waals surface area contributed by atoms with Crippen LogP contribution in [0.15, 0.2) is 10.5 Å². The Hall–Kier alpha value is 0.390. The molecule has 1 unspecified atom stereocenters. The van der Waals surface area contributed by atoms with Crippen molar-refractivity contribution in [1.29, 1.82) is 0 Å². The van der Waals surface area contributed by atoms with E-state index in [4.69, 9.17) is 11.6 Å². The van der Waals surface area contributed by atoms with Gasteiger partial charge in [0.15, 0.2) is 0 Å². The van der Waals surface area contributed by atoms with E-state index in [-0.39, 0.29) is 0 Å². The van der Waals surface area contributed by atoms with Crippen LogP contribution in [0.2, 0.25) is 4.34 Å². The van der Waals surface area contributed by atoms with Gasteiger partial charge in [0.25, 0.3) is 0 Å². The zero-order valence-electron chi connectivity index (χ0n) is 8.59. The van der Waals surface area contributed by atoms with Crippen LogP contribution < -0.4 is 5.32 Å². The van der Waals surface area contributed by atoms with Gasteiger partial charge in [-0.25, -0.2) is 0 Å². The molecule has 1 atom stereocenters. The van der Waals surface area contributed by atoms with Crippen LogP contribution >= 0.6 is 38.9 Å². The lowest BCUT2D eigenvalue weighted by Crippen LogP contribution is -2.49. The highest BCUT2D eigenvalue weighted by Crippen LogP contribution is 2.32. The first kappa shape index (κ1) is 11.9. The van der Waals surface area contributed by atoms with Crippen molar-refractivity contribution in [1.82, 2.24) is 10.2 Å². The molecule has 0 saturated carbocycles. The third-order valence-electron chi connectivity index (χ3n) is 2.69. The minimum Gasteiger partial charge on any atom is -0.314 e. The van der Waals surface area contributed by atoms with Crippen LogP contribution in [0.3, 0.4) is 0 Å². The Morgan fingerprint density at radius 3 is 3.13 bits per heavy atom. The maximum Gasteiger partial charge on any atom is 0.107 e. The van der Waals surface area contributed by atoms with E-state index in [9.17, 15) is 0 Å². The lowest BCUT2D eigenvalue weighted by Gasteiger charge is -2.33. The second-order valence-electron chi connectivity index (χ2n) is 3.86. The van der Waals surface area contributed by atoms with Gasteiger partial charge in [-0.3, -0.25) is 4.90 Å². The molecule has 0 amide bonds. The molecule has 84 valence electrons. The summed E-state index contributed by atoms with van der Waals surface area (Å²) in [5.41, 5.74) is 0. The summed E-state index contributed by atoms with van der Waals surface area (Å²) < 4.78 is 1.87. The van der Waals surface area contributed by atoms with E-state index in [1.165, 1.54) is 4.88 Å². The quantitative estimate of drug-likeness (QED) is 0.903. The van der Waals surface area contributed by atoms with Gasteiger partial charge in [-0.1, -0.05) is 11.6 Å². The molecule has 0 aromatic carbocycles. The maximum absolute atomic E-state index is 6.02. The molecule has 1 aliphatic heterocycles. The molecule has 1 saturated heterocycles. The molecule has 2 rings (SSSR count). The summed E-state index contributed by atoms with van der Waals surface area (Å²) in [5.74, 6) is 0. The highest BCUT2D eigenvalue weighted by atomic mass is 79.9. The molecule has 2 nitrogen and oxygen atoms in total. The average Bonchev–Trinajstić information content (AvgIpc) is 2.50. The number of thiophene rings is 1. The highest BCUT2D eigenvalue weighted by Gasteiger charge is 2.18. The van der Waals surface area contributed by atoms with Crippen molar-refractivity contribution in [2.75, 3.05) is 19.6 Å². The van der Waals surface area contributed by atoms with Crippen LogP contribution in [0.25, 0.3) is 0 Å². The summed E-state index contributed by atoms with van der Waals surface area (Å²) in [5, 5.41) is 3.39. The number of piperazine rings is 1. The van der Waals surface area contributed by atoms with Crippen LogP contribution in [0.4, 0.5) is 0 Å². The van der Waals surface area contributed by atoms with E-state index in [2.05, 4.69) is 39.1 Å². The van der Waals surface area contributed by atoms with Gasteiger partial charge in [-0.2, -0.15) is 0 Å². The second-order valence-corrected chi connectivity index (χ2v) is 6.45. The van der Waals surface area contributed by atoms with Crippen LogP contribution in [-0.2, 0) is 6.54 Å². The molecule has 0 radical (unpaired) electrons. The van der Waals surface area contributed by atoms with E-state index in [0.717, 1.165) is 35.0 Å². The molecule has 1 N–H and O–H groups in total. The second kappa shape index (κ2) is 5.15. The molecule has 15 heavy (non-hydrogen) atoms. The van der Waals surface area contributed by atoms with E-state index in [1.807, 2.05) is 0 Å². The molecule has 1 aromatic rings. The lowest BCUT2D eigenvalue weighted by atomic mass is 10.2. The fourth-order valence-corrected chi connectivity index (χ4v) is 3.60. The summed E-state index contributed by atoms with van der Waals surface area (Å²) in [6.45, 7) is 6.56. The molecule has 0 aliphatic carbocycles. The molecular weight excluding hydrogens is 296 g/mol. The Morgan fingerprint density at radius 2 is 2.53 bits per heavy atom. The normalized spacial score (nSPS) is 23.3. The molecule has 1 fully saturated rings. The lowest BCUT2D eigenvalue weighted by molar-refractivity contribution is 0.167. The fraction of sp³-hybridized carbons (Fsp3) is 0.600. The van der Waals surface area contributed by atoms with Crippen molar-refractivity contribution in [3.63, 3.8) is 0 Å². The monoisotopic (exact) mass is 308 g/mol. The summed E-state index contributed by atoms with van der Waals surface area (Å²) in [7, 11) is 0. The molecule has 1 aromatic heterocycles. The number of nitrogens with one attached hydrogen (secondary N) is 1. The Kier molecular flexibility index (Phi) is 4.07. The predicted molar refractivity (Wildman–Crippen MR) is 69.8 cm³/mol. The number of halogens is 2. The summed E-state index contributed by atoms with van der Waals surface area (Å²) in [4.78, 5) is 3.83. The van der Waals surface area contributed by atoms with E-state index in [0.29, 0.717) is 6.04 Å². The first-order valence-corrected chi connectivity index (χ1v) is 7.04. The summed E-state index contributed by atoms with van der Waals surface area (Å²) >= 11 is 11.1. The molecule has 2 heterocycles. The van der Waals surface area contributed by atoms with Crippen molar-refractivity contribution in [2.45, 2.75) is 19.5 Å². The highest BCUT2D eigenvalue weighted by molar-refractivity contribution is 9.10. The smallest absolute Gasteiger partial charge is 0.107 e. The van der Waals surface area contributed by atoms with Gasteiger partial charge < -0.3 is 5.32 Å². The minimum absolute atomic E-state index is 0.610. The van der Waals surface area contributed by atoms with Crippen LogP contribution in [-0.4, -0.2) is 30.6 Å². The number of hydrogen-bond acceptors (Lipinski definition) is 3. The number of nitrogens with zero attached hydrogens (tertiary/aromatic N) is 1. The molecule has 0 spiro atoms. The molecule has 1 aliphatic rings. The third kappa shape index (κ3) is 2.94. The first-order chi connectivity index (χ1) is 7.16. The Bertz CT molecular complexity index is 323. The largest absolute Gasteiger partial charge is 0.314 e. The van der Waals surface area contributed by atoms with Gasteiger partial charge in [-0.05, 0) is 28.9 Å². The van der Waals surface area contributed by atoms with Gasteiger partial charge in [0.1, 0.15) is 4.34 Å². The van der Waals surface area contributed by atoms with E-state index >= 15 is 0 Å². The van der Waals surface area contributed by atoms with Crippen molar-refractivity contribution in [2.24, 2.45) is 0 Å². The van der Waals surface area contributed by atoms with Crippen molar-refractivity contribution >= 4 is 38.9 Å². The summed E-state index contributed by atoms with van der Waals surface area (Å²) in [6.07, 6.45) is 0. The van der Waals surface area contributed by atoms with Crippen molar-refractivity contribution < 1.29 is 0 Å². The molecule has 5 heteroatoms. The Labute approximate surface area is 108 Å². The topological polar surface area (TPSA) is 15.3 Å². The summed E-state index contributed by atoms with van der Waals surface area (Å²) in [6, 6.07) is 2.74. The molecular formula is C10H14BrClN2S. The van der Waals surface area contributed by atoms with Gasteiger partial charge in [0.2, 0.25) is 0 Å². The standard InChI is InChI=1S/C10H14BrClN2S/c1-7-5-13-2-3-14(7)6-8-4-9(11)10(12)15-8/h4,7,13H,2-3,5-6H2,1H3.